The first kappa shape index (κ1) is 10.7. The van der Waals surface area contributed by atoms with Gasteiger partial charge in [0.15, 0.2) is 0 Å². The normalized spacial score (nSPS) is 10.8. The monoisotopic (exact) mass is 217 g/mol. The van der Waals surface area contributed by atoms with Crippen LogP contribution in [0.3, 0.4) is 0 Å². The lowest BCUT2D eigenvalue weighted by molar-refractivity contribution is 0.0697. The molecule has 84 valence electrons. The van der Waals surface area contributed by atoms with E-state index >= 15 is 0 Å². The van der Waals surface area contributed by atoms with E-state index in [1.807, 2.05) is 4.40 Å². The molecule has 2 aromatic rings. The first-order valence-corrected chi connectivity index (χ1v) is 5.54. The molecule has 0 bridgehead atoms. The van der Waals surface area contributed by atoms with E-state index in [2.05, 4.69) is 19.2 Å². The number of hydrogen-bond acceptors (Lipinski definition) is 1. The molecule has 2 aromatic heterocycles. The first-order valence-electron chi connectivity index (χ1n) is 5.54. The van der Waals surface area contributed by atoms with Crippen molar-refractivity contribution in [1.29, 1.82) is 0 Å². The summed E-state index contributed by atoms with van der Waals surface area (Å²) >= 11 is 0. The van der Waals surface area contributed by atoms with Gasteiger partial charge in [0.05, 0.1) is 5.56 Å². The number of hydrogen-bond donors (Lipinski definition) is 1. The van der Waals surface area contributed by atoms with E-state index < -0.39 is 5.97 Å². The van der Waals surface area contributed by atoms with Crippen molar-refractivity contribution in [1.82, 2.24) is 4.40 Å². The molecule has 0 saturated heterocycles. The minimum atomic E-state index is -0.876. The molecule has 0 fully saturated rings. The molecule has 0 amide bonds. The van der Waals surface area contributed by atoms with E-state index in [1.54, 1.807) is 18.3 Å². The Hall–Kier alpha value is -1.77. The van der Waals surface area contributed by atoms with E-state index in [4.69, 9.17) is 5.11 Å². The van der Waals surface area contributed by atoms with Gasteiger partial charge in [-0.15, -0.1) is 0 Å². The largest absolute Gasteiger partial charge is 0.478 e. The number of carboxylic acid groups (broad SMARTS) is 1. The van der Waals surface area contributed by atoms with Crippen LogP contribution in [0.15, 0.2) is 30.6 Å². The molecule has 0 spiro atoms. The van der Waals surface area contributed by atoms with E-state index in [1.165, 1.54) is 18.4 Å². The summed E-state index contributed by atoms with van der Waals surface area (Å²) < 4.78 is 1.97. The van der Waals surface area contributed by atoms with Gasteiger partial charge in [-0.2, -0.15) is 0 Å². The predicted octanol–water partition coefficient (Wildman–Crippen LogP) is 2.98. The molecule has 0 aromatic carbocycles. The maximum atomic E-state index is 10.8. The van der Waals surface area contributed by atoms with Gasteiger partial charge < -0.3 is 9.51 Å². The van der Waals surface area contributed by atoms with Crippen LogP contribution in [0.25, 0.3) is 5.52 Å². The predicted molar refractivity (Wildman–Crippen MR) is 63.0 cm³/mol. The van der Waals surface area contributed by atoms with Crippen LogP contribution in [0.1, 0.15) is 35.7 Å². The van der Waals surface area contributed by atoms with Crippen molar-refractivity contribution in [3.63, 3.8) is 0 Å². The van der Waals surface area contributed by atoms with Gasteiger partial charge in [-0.3, -0.25) is 0 Å². The van der Waals surface area contributed by atoms with Crippen molar-refractivity contribution in [3.8, 4) is 0 Å². The van der Waals surface area contributed by atoms with Crippen LogP contribution in [0, 0.1) is 0 Å². The van der Waals surface area contributed by atoms with Crippen LogP contribution >= 0.6 is 0 Å². The number of aryl methyl sites for hydroxylation is 1. The van der Waals surface area contributed by atoms with Crippen molar-refractivity contribution >= 4 is 11.5 Å². The fourth-order valence-electron chi connectivity index (χ4n) is 1.82. The van der Waals surface area contributed by atoms with Crippen molar-refractivity contribution in [2.75, 3.05) is 0 Å². The Morgan fingerprint density at radius 3 is 2.94 bits per heavy atom. The average Bonchev–Trinajstić information content (AvgIpc) is 2.67. The molecule has 0 aliphatic rings. The Kier molecular flexibility index (Phi) is 2.95. The van der Waals surface area contributed by atoms with Crippen LogP contribution in [0.4, 0.5) is 0 Å². The molecule has 16 heavy (non-hydrogen) atoms. The van der Waals surface area contributed by atoms with Gasteiger partial charge in [-0.05, 0) is 36.6 Å². The molecule has 3 nitrogen and oxygen atoms in total. The number of aromatic carboxylic acids is 1. The Morgan fingerprint density at radius 1 is 1.44 bits per heavy atom. The second kappa shape index (κ2) is 4.39. The third-order valence-electron chi connectivity index (χ3n) is 2.72. The third-order valence-corrected chi connectivity index (χ3v) is 2.72. The van der Waals surface area contributed by atoms with Gasteiger partial charge >= 0.3 is 5.97 Å². The van der Waals surface area contributed by atoms with E-state index in [9.17, 15) is 4.79 Å². The standard InChI is InChI=1S/C13H15NO2/c1-2-3-4-10-7-12-8-11(13(15)16)5-6-14(12)9-10/h5-9H,2-4H2,1H3,(H,15,16). The van der Waals surface area contributed by atoms with Gasteiger partial charge in [-0.1, -0.05) is 13.3 Å². The number of fused-ring (bicyclic) bond motifs is 1. The highest BCUT2D eigenvalue weighted by Gasteiger charge is 2.05. The highest BCUT2D eigenvalue weighted by molar-refractivity contribution is 5.89. The summed E-state index contributed by atoms with van der Waals surface area (Å²) in [5.41, 5.74) is 2.56. The summed E-state index contributed by atoms with van der Waals surface area (Å²) in [6.07, 6.45) is 7.26. The van der Waals surface area contributed by atoms with Gasteiger partial charge in [0, 0.05) is 17.9 Å². The summed E-state index contributed by atoms with van der Waals surface area (Å²) in [7, 11) is 0. The minimum absolute atomic E-state index is 0.340. The quantitative estimate of drug-likeness (QED) is 0.855. The maximum absolute atomic E-state index is 10.8. The number of nitrogens with zero attached hydrogens (tertiary/aromatic N) is 1. The summed E-state index contributed by atoms with van der Waals surface area (Å²) in [5, 5.41) is 8.88. The number of aromatic nitrogens is 1. The number of carboxylic acids is 1. The van der Waals surface area contributed by atoms with Crippen molar-refractivity contribution in [3.05, 3.63) is 41.7 Å². The van der Waals surface area contributed by atoms with Crippen LogP contribution in [0.5, 0.6) is 0 Å². The van der Waals surface area contributed by atoms with Gasteiger partial charge in [0.1, 0.15) is 0 Å². The molecular weight excluding hydrogens is 202 g/mol. The van der Waals surface area contributed by atoms with Crippen LogP contribution in [-0.4, -0.2) is 15.5 Å². The molecule has 3 heteroatoms. The zero-order chi connectivity index (χ0) is 11.5. The van der Waals surface area contributed by atoms with E-state index in [0.717, 1.165) is 11.9 Å². The second-order valence-corrected chi connectivity index (χ2v) is 4.00. The lowest BCUT2D eigenvalue weighted by Gasteiger charge is -1.96. The molecule has 2 rings (SSSR count). The number of unbranched alkanes of at least 4 members (excludes halogenated alkanes) is 1. The molecule has 2 heterocycles. The molecule has 0 saturated carbocycles. The van der Waals surface area contributed by atoms with Crippen molar-refractivity contribution in [2.45, 2.75) is 26.2 Å². The minimum Gasteiger partial charge on any atom is -0.478 e. The first-order chi connectivity index (χ1) is 7.70. The summed E-state index contributed by atoms with van der Waals surface area (Å²) in [6, 6.07) is 5.39. The second-order valence-electron chi connectivity index (χ2n) is 4.00. The van der Waals surface area contributed by atoms with Crippen molar-refractivity contribution in [2.24, 2.45) is 0 Å². The number of pyridine rings is 1. The lowest BCUT2D eigenvalue weighted by atomic mass is 10.1. The summed E-state index contributed by atoms with van der Waals surface area (Å²) in [6.45, 7) is 2.17. The van der Waals surface area contributed by atoms with E-state index in [-0.39, 0.29) is 0 Å². The highest BCUT2D eigenvalue weighted by Crippen LogP contribution is 2.14. The van der Waals surface area contributed by atoms with Crippen LogP contribution in [0.2, 0.25) is 0 Å². The molecule has 0 radical (unpaired) electrons. The topological polar surface area (TPSA) is 41.7 Å². The SMILES string of the molecule is CCCCc1cc2cc(C(=O)O)ccn2c1. The Balaban J connectivity index is 2.34. The fraction of sp³-hybridized carbons (Fsp3) is 0.308. The average molecular weight is 217 g/mol. The van der Waals surface area contributed by atoms with E-state index in [0.29, 0.717) is 5.56 Å². The lowest BCUT2D eigenvalue weighted by Crippen LogP contribution is -1.96. The number of carbonyl (C=O) groups is 1. The molecule has 0 aliphatic heterocycles. The molecule has 0 aliphatic carbocycles. The molecule has 0 unspecified atom stereocenters. The third kappa shape index (κ3) is 2.08. The zero-order valence-corrected chi connectivity index (χ0v) is 9.31. The number of rotatable bonds is 4. The fourth-order valence-corrected chi connectivity index (χ4v) is 1.82. The molecule has 0 atom stereocenters. The van der Waals surface area contributed by atoms with Gasteiger partial charge in [-0.25, -0.2) is 4.79 Å². The van der Waals surface area contributed by atoms with Crippen molar-refractivity contribution < 1.29 is 9.90 Å². The summed E-state index contributed by atoms with van der Waals surface area (Å²) in [4.78, 5) is 10.8. The smallest absolute Gasteiger partial charge is 0.335 e. The van der Waals surface area contributed by atoms with Gasteiger partial charge in [0.25, 0.3) is 0 Å². The Morgan fingerprint density at radius 2 is 2.25 bits per heavy atom. The van der Waals surface area contributed by atoms with Gasteiger partial charge in [0.2, 0.25) is 0 Å². The van der Waals surface area contributed by atoms with Crippen LogP contribution in [-0.2, 0) is 6.42 Å². The highest BCUT2D eigenvalue weighted by atomic mass is 16.4. The maximum Gasteiger partial charge on any atom is 0.335 e. The zero-order valence-electron chi connectivity index (χ0n) is 9.31. The molecular formula is C13H15NO2. The Labute approximate surface area is 94.3 Å². The summed E-state index contributed by atoms with van der Waals surface area (Å²) in [5.74, 6) is -0.876. The molecule has 1 N–H and O–H groups in total. The van der Waals surface area contributed by atoms with Crippen LogP contribution < -0.4 is 0 Å². The Bertz CT molecular complexity index is 514.